The van der Waals surface area contributed by atoms with Gasteiger partial charge in [0.2, 0.25) is 5.89 Å². The zero-order chi connectivity index (χ0) is 21.5. The molecule has 1 fully saturated rings. The minimum absolute atomic E-state index is 0.123. The lowest BCUT2D eigenvalue weighted by atomic mass is 10.0. The van der Waals surface area contributed by atoms with Gasteiger partial charge in [0.1, 0.15) is 0 Å². The normalized spacial score (nSPS) is 14.3. The lowest BCUT2D eigenvalue weighted by molar-refractivity contribution is 0.0996. The van der Waals surface area contributed by atoms with E-state index in [4.69, 9.17) is 10.2 Å². The minimum Gasteiger partial charge on any atom is -0.435 e. The molecule has 1 aliphatic rings. The SMILES string of the molecule is Cc1cc(-c2nc(C(N)=O)c(-c3cc4nn(C)cc4cc3N3CCCCC3)o2)ccn1. The van der Waals surface area contributed by atoms with Crippen LogP contribution in [0.5, 0.6) is 0 Å². The maximum Gasteiger partial charge on any atom is 0.271 e. The van der Waals surface area contributed by atoms with Crippen molar-refractivity contribution in [1.82, 2.24) is 19.7 Å². The van der Waals surface area contributed by atoms with Crippen LogP contribution < -0.4 is 10.6 Å². The van der Waals surface area contributed by atoms with Crippen molar-refractivity contribution < 1.29 is 9.21 Å². The highest BCUT2D eigenvalue weighted by atomic mass is 16.4. The van der Waals surface area contributed by atoms with Crippen molar-refractivity contribution in [3.05, 3.63) is 48.0 Å². The predicted octanol–water partition coefficient (Wildman–Crippen LogP) is 3.69. The van der Waals surface area contributed by atoms with Crippen LogP contribution >= 0.6 is 0 Å². The first-order valence-electron chi connectivity index (χ1n) is 10.5. The van der Waals surface area contributed by atoms with E-state index in [1.807, 2.05) is 32.3 Å². The summed E-state index contributed by atoms with van der Waals surface area (Å²) in [6, 6.07) is 7.76. The van der Waals surface area contributed by atoms with Gasteiger partial charge < -0.3 is 15.1 Å². The van der Waals surface area contributed by atoms with E-state index in [1.165, 1.54) is 6.42 Å². The van der Waals surface area contributed by atoms with Crippen LogP contribution in [0.2, 0.25) is 0 Å². The summed E-state index contributed by atoms with van der Waals surface area (Å²) in [5.74, 6) is 0.103. The molecule has 1 amide bonds. The van der Waals surface area contributed by atoms with Gasteiger partial charge in [-0.3, -0.25) is 14.5 Å². The van der Waals surface area contributed by atoms with E-state index in [1.54, 1.807) is 16.9 Å². The zero-order valence-electron chi connectivity index (χ0n) is 17.6. The highest BCUT2D eigenvalue weighted by Crippen LogP contribution is 2.39. The van der Waals surface area contributed by atoms with Crippen molar-refractivity contribution in [1.29, 1.82) is 0 Å². The Morgan fingerprint density at radius 2 is 1.97 bits per heavy atom. The highest BCUT2D eigenvalue weighted by molar-refractivity contribution is 6.01. The van der Waals surface area contributed by atoms with Gasteiger partial charge in [0.05, 0.1) is 5.52 Å². The van der Waals surface area contributed by atoms with Gasteiger partial charge in [-0.15, -0.1) is 0 Å². The first-order valence-corrected chi connectivity index (χ1v) is 10.5. The van der Waals surface area contributed by atoms with Gasteiger partial charge in [0, 0.05) is 60.4 Å². The number of piperidine rings is 1. The monoisotopic (exact) mass is 416 g/mol. The quantitative estimate of drug-likeness (QED) is 0.544. The Bertz CT molecular complexity index is 1280. The maximum atomic E-state index is 12.3. The fourth-order valence-electron chi connectivity index (χ4n) is 4.23. The number of hydrogen-bond acceptors (Lipinski definition) is 6. The van der Waals surface area contributed by atoms with E-state index < -0.39 is 5.91 Å². The summed E-state index contributed by atoms with van der Waals surface area (Å²) in [5.41, 5.74) is 10.0. The molecule has 5 rings (SSSR count). The standard InChI is InChI=1S/C23H24N6O2/c1-14-10-15(6-7-25-14)23-26-20(22(24)30)21(31-23)17-12-18-16(13-28(2)27-18)11-19(17)29-8-4-3-5-9-29/h6-7,10-13H,3-5,8-9H2,1-2H3,(H2,24,30). The first kappa shape index (κ1) is 19.3. The molecule has 1 aromatic carbocycles. The summed E-state index contributed by atoms with van der Waals surface area (Å²) < 4.78 is 7.98. The molecule has 1 aliphatic heterocycles. The second-order valence-electron chi connectivity index (χ2n) is 8.03. The number of hydrogen-bond donors (Lipinski definition) is 1. The second-order valence-corrected chi connectivity index (χ2v) is 8.03. The molecule has 2 N–H and O–H groups in total. The smallest absolute Gasteiger partial charge is 0.271 e. The van der Waals surface area contributed by atoms with E-state index in [0.717, 1.165) is 59.3 Å². The molecule has 3 aromatic heterocycles. The average Bonchev–Trinajstić information content (AvgIpc) is 3.36. The van der Waals surface area contributed by atoms with Crippen LogP contribution in [0.25, 0.3) is 33.7 Å². The van der Waals surface area contributed by atoms with Gasteiger partial charge in [0.25, 0.3) is 5.91 Å². The van der Waals surface area contributed by atoms with E-state index in [0.29, 0.717) is 11.7 Å². The number of amides is 1. The Morgan fingerprint density at radius 3 is 2.71 bits per heavy atom. The number of pyridine rings is 1. The van der Waals surface area contributed by atoms with Gasteiger partial charge in [-0.1, -0.05) is 0 Å². The van der Waals surface area contributed by atoms with Crippen molar-refractivity contribution in [3.63, 3.8) is 0 Å². The van der Waals surface area contributed by atoms with Crippen LogP contribution in [0.1, 0.15) is 35.4 Å². The molecule has 4 aromatic rings. The van der Waals surface area contributed by atoms with Crippen molar-refractivity contribution in [2.75, 3.05) is 18.0 Å². The number of primary amides is 1. The summed E-state index contributed by atoms with van der Waals surface area (Å²) in [6.07, 6.45) is 7.17. The molecule has 0 aliphatic carbocycles. The molecule has 4 heterocycles. The molecule has 8 nitrogen and oxygen atoms in total. The van der Waals surface area contributed by atoms with Gasteiger partial charge in [-0.05, 0) is 50.5 Å². The fraction of sp³-hybridized carbons (Fsp3) is 0.304. The average molecular weight is 416 g/mol. The largest absolute Gasteiger partial charge is 0.435 e. The lowest BCUT2D eigenvalue weighted by Crippen LogP contribution is -2.29. The molecule has 0 radical (unpaired) electrons. The van der Waals surface area contributed by atoms with Gasteiger partial charge in [0.15, 0.2) is 11.5 Å². The van der Waals surface area contributed by atoms with Crippen LogP contribution in [0.15, 0.2) is 41.1 Å². The zero-order valence-corrected chi connectivity index (χ0v) is 17.6. The predicted molar refractivity (Wildman–Crippen MR) is 119 cm³/mol. The van der Waals surface area contributed by atoms with Gasteiger partial charge >= 0.3 is 0 Å². The number of anilines is 1. The molecule has 0 unspecified atom stereocenters. The number of carbonyl (C=O) groups is 1. The summed E-state index contributed by atoms with van der Waals surface area (Å²) in [5, 5.41) is 5.59. The Labute approximate surface area is 179 Å². The summed E-state index contributed by atoms with van der Waals surface area (Å²) >= 11 is 0. The van der Waals surface area contributed by atoms with E-state index in [2.05, 4.69) is 26.0 Å². The Balaban J connectivity index is 1.73. The molecule has 0 spiro atoms. The molecular weight excluding hydrogens is 392 g/mol. The molecule has 1 saturated heterocycles. The second kappa shape index (κ2) is 7.54. The number of aromatic nitrogens is 4. The number of oxazole rings is 1. The highest BCUT2D eigenvalue weighted by Gasteiger charge is 2.26. The van der Waals surface area contributed by atoms with Crippen LogP contribution in [0.4, 0.5) is 5.69 Å². The number of nitrogens with zero attached hydrogens (tertiary/aromatic N) is 5. The topological polar surface area (TPSA) is 103 Å². The van der Waals surface area contributed by atoms with E-state index in [9.17, 15) is 4.79 Å². The molecular formula is C23H24N6O2. The third-order valence-electron chi connectivity index (χ3n) is 5.68. The maximum absolute atomic E-state index is 12.3. The first-order chi connectivity index (χ1) is 15.0. The molecule has 0 saturated carbocycles. The molecule has 0 atom stereocenters. The minimum atomic E-state index is -0.624. The molecule has 158 valence electrons. The third-order valence-corrected chi connectivity index (χ3v) is 5.68. The van der Waals surface area contributed by atoms with Crippen LogP contribution in [-0.2, 0) is 7.05 Å². The van der Waals surface area contributed by atoms with Crippen molar-refractivity contribution in [3.8, 4) is 22.8 Å². The molecule has 31 heavy (non-hydrogen) atoms. The van der Waals surface area contributed by atoms with Crippen molar-refractivity contribution in [2.24, 2.45) is 12.8 Å². The Hall–Kier alpha value is -3.68. The number of aryl methyl sites for hydroxylation is 2. The Morgan fingerprint density at radius 1 is 1.16 bits per heavy atom. The number of fused-ring (bicyclic) bond motifs is 1. The number of carbonyl (C=O) groups excluding carboxylic acids is 1. The number of benzene rings is 1. The summed E-state index contributed by atoms with van der Waals surface area (Å²) in [4.78, 5) is 23.3. The van der Waals surface area contributed by atoms with Crippen LogP contribution in [-0.4, -0.2) is 38.7 Å². The van der Waals surface area contributed by atoms with E-state index in [-0.39, 0.29) is 5.69 Å². The summed E-state index contributed by atoms with van der Waals surface area (Å²) in [7, 11) is 1.90. The van der Waals surface area contributed by atoms with E-state index >= 15 is 0 Å². The van der Waals surface area contributed by atoms with Crippen LogP contribution in [0.3, 0.4) is 0 Å². The number of nitrogens with two attached hydrogens (primary N) is 1. The molecule has 0 bridgehead atoms. The molecule has 8 heteroatoms. The van der Waals surface area contributed by atoms with Crippen LogP contribution in [0, 0.1) is 6.92 Å². The van der Waals surface area contributed by atoms with Gasteiger partial charge in [-0.2, -0.15) is 5.10 Å². The van der Waals surface area contributed by atoms with Crippen molar-refractivity contribution >= 4 is 22.5 Å². The Kier molecular flexibility index (Phi) is 4.69. The fourth-order valence-corrected chi connectivity index (χ4v) is 4.23. The van der Waals surface area contributed by atoms with Gasteiger partial charge in [-0.25, -0.2) is 4.98 Å². The lowest BCUT2D eigenvalue weighted by Gasteiger charge is -2.30. The number of rotatable bonds is 4. The summed E-state index contributed by atoms with van der Waals surface area (Å²) in [6.45, 7) is 3.80. The van der Waals surface area contributed by atoms with Crippen molar-refractivity contribution in [2.45, 2.75) is 26.2 Å². The third kappa shape index (κ3) is 3.54.